The Balaban J connectivity index is 1.58. The van der Waals surface area contributed by atoms with E-state index in [0.717, 1.165) is 19.8 Å². The molecule has 1 fully saturated rings. The van der Waals surface area contributed by atoms with Crippen LogP contribution in [0.3, 0.4) is 0 Å². The average molecular weight is 425 g/mol. The minimum atomic E-state index is 0.425. The lowest BCUT2D eigenvalue weighted by Crippen LogP contribution is -2.02. The van der Waals surface area contributed by atoms with E-state index in [1.165, 1.54) is 148 Å². The van der Waals surface area contributed by atoms with Crippen molar-refractivity contribution in [1.29, 1.82) is 0 Å². The standard InChI is InChI=1S/C28H56O2/c1-2-3-4-5-6-7-8-9-10-11-12-13-14-15-16-17-18-19-20-21-22-23-24-25-29-26-28-27-30-28/h28H,2-27H2,1H3. The maximum absolute atomic E-state index is 5.58. The van der Waals surface area contributed by atoms with Crippen molar-refractivity contribution in [2.45, 2.75) is 161 Å². The summed E-state index contributed by atoms with van der Waals surface area (Å²) in [5, 5.41) is 0. The van der Waals surface area contributed by atoms with Gasteiger partial charge in [0.05, 0.1) is 13.2 Å². The molecule has 0 bridgehead atoms. The van der Waals surface area contributed by atoms with E-state index < -0.39 is 0 Å². The highest BCUT2D eigenvalue weighted by Gasteiger charge is 2.21. The van der Waals surface area contributed by atoms with Crippen LogP contribution in [-0.2, 0) is 9.47 Å². The number of hydrogen-bond donors (Lipinski definition) is 0. The summed E-state index contributed by atoms with van der Waals surface area (Å²) >= 11 is 0. The maximum Gasteiger partial charge on any atom is 0.104 e. The zero-order valence-corrected chi connectivity index (χ0v) is 20.8. The summed E-state index contributed by atoms with van der Waals surface area (Å²) in [5.41, 5.74) is 0. The van der Waals surface area contributed by atoms with Gasteiger partial charge in [0.15, 0.2) is 0 Å². The van der Waals surface area contributed by atoms with Crippen LogP contribution in [0.4, 0.5) is 0 Å². The summed E-state index contributed by atoms with van der Waals surface area (Å²) in [6, 6.07) is 0. The van der Waals surface area contributed by atoms with Crippen LogP contribution in [0.5, 0.6) is 0 Å². The van der Waals surface area contributed by atoms with Crippen molar-refractivity contribution in [3.8, 4) is 0 Å². The number of ether oxygens (including phenoxy) is 2. The second kappa shape index (κ2) is 23.6. The van der Waals surface area contributed by atoms with E-state index in [2.05, 4.69) is 6.92 Å². The Morgan fingerprint density at radius 1 is 0.500 bits per heavy atom. The zero-order chi connectivity index (χ0) is 21.4. The Labute approximate surface area is 190 Å². The van der Waals surface area contributed by atoms with Gasteiger partial charge in [0.1, 0.15) is 6.10 Å². The fraction of sp³-hybridized carbons (Fsp3) is 1.00. The Kier molecular flexibility index (Phi) is 22.0. The molecule has 180 valence electrons. The maximum atomic E-state index is 5.58. The van der Waals surface area contributed by atoms with Gasteiger partial charge in [0.2, 0.25) is 0 Å². The quantitative estimate of drug-likeness (QED) is 0.102. The molecule has 0 aromatic rings. The van der Waals surface area contributed by atoms with Gasteiger partial charge in [0, 0.05) is 6.61 Å². The molecule has 1 aliphatic heterocycles. The van der Waals surface area contributed by atoms with Crippen LogP contribution in [0.1, 0.15) is 155 Å². The van der Waals surface area contributed by atoms with Gasteiger partial charge in [-0.05, 0) is 6.42 Å². The van der Waals surface area contributed by atoms with Crippen LogP contribution in [0.25, 0.3) is 0 Å². The highest BCUT2D eigenvalue weighted by atomic mass is 16.6. The predicted molar refractivity (Wildman–Crippen MR) is 132 cm³/mol. The predicted octanol–water partition coefficient (Wildman–Crippen LogP) is 9.39. The summed E-state index contributed by atoms with van der Waals surface area (Å²) in [6.45, 7) is 4.97. The second-order valence-corrected chi connectivity index (χ2v) is 9.81. The third-order valence-corrected chi connectivity index (χ3v) is 6.60. The van der Waals surface area contributed by atoms with Crippen molar-refractivity contribution < 1.29 is 9.47 Å². The number of rotatable bonds is 26. The molecule has 1 heterocycles. The lowest BCUT2D eigenvalue weighted by atomic mass is 10.0. The van der Waals surface area contributed by atoms with E-state index in [4.69, 9.17) is 9.47 Å². The monoisotopic (exact) mass is 424 g/mol. The van der Waals surface area contributed by atoms with Gasteiger partial charge < -0.3 is 9.47 Å². The van der Waals surface area contributed by atoms with Gasteiger partial charge in [-0.2, -0.15) is 0 Å². The van der Waals surface area contributed by atoms with Crippen LogP contribution in [0.2, 0.25) is 0 Å². The Morgan fingerprint density at radius 2 is 0.800 bits per heavy atom. The summed E-state index contributed by atoms with van der Waals surface area (Å²) < 4.78 is 10.7. The summed E-state index contributed by atoms with van der Waals surface area (Å²) in [4.78, 5) is 0. The van der Waals surface area contributed by atoms with Gasteiger partial charge in [-0.15, -0.1) is 0 Å². The fourth-order valence-corrected chi connectivity index (χ4v) is 4.37. The first-order chi connectivity index (χ1) is 14.9. The molecule has 1 unspecified atom stereocenters. The molecule has 0 aromatic carbocycles. The lowest BCUT2D eigenvalue weighted by Gasteiger charge is -2.04. The minimum Gasteiger partial charge on any atom is -0.379 e. The number of hydrogen-bond acceptors (Lipinski definition) is 2. The Morgan fingerprint density at radius 3 is 1.10 bits per heavy atom. The molecule has 1 rings (SSSR count). The van der Waals surface area contributed by atoms with Crippen LogP contribution >= 0.6 is 0 Å². The molecule has 2 nitrogen and oxygen atoms in total. The summed E-state index contributed by atoms with van der Waals surface area (Å²) in [6.07, 6.45) is 33.7. The first-order valence-corrected chi connectivity index (χ1v) is 14.1. The Bertz CT molecular complexity index is 314. The van der Waals surface area contributed by atoms with E-state index in [-0.39, 0.29) is 0 Å². The van der Waals surface area contributed by atoms with Crippen molar-refractivity contribution in [2.24, 2.45) is 0 Å². The largest absolute Gasteiger partial charge is 0.379 e. The molecular weight excluding hydrogens is 368 g/mol. The Hall–Kier alpha value is -0.0800. The van der Waals surface area contributed by atoms with Gasteiger partial charge in [-0.25, -0.2) is 0 Å². The molecule has 0 radical (unpaired) electrons. The van der Waals surface area contributed by atoms with Crippen molar-refractivity contribution in [3.63, 3.8) is 0 Å². The van der Waals surface area contributed by atoms with Crippen LogP contribution in [-0.4, -0.2) is 25.9 Å². The molecule has 0 amide bonds. The zero-order valence-electron chi connectivity index (χ0n) is 20.8. The molecule has 1 aliphatic rings. The fourth-order valence-electron chi connectivity index (χ4n) is 4.37. The molecular formula is C28H56O2. The van der Waals surface area contributed by atoms with Crippen molar-refractivity contribution in [1.82, 2.24) is 0 Å². The van der Waals surface area contributed by atoms with Gasteiger partial charge in [0.25, 0.3) is 0 Å². The van der Waals surface area contributed by atoms with Crippen molar-refractivity contribution in [2.75, 3.05) is 19.8 Å². The SMILES string of the molecule is CCCCCCCCCCCCCCCCCCCCCCCCCOCC1CO1. The van der Waals surface area contributed by atoms with E-state index in [0.29, 0.717) is 6.10 Å². The minimum absolute atomic E-state index is 0.425. The summed E-state index contributed by atoms with van der Waals surface area (Å²) in [5.74, 6) is 0. The molecule has 0 saturated carbocycles. The number of unbranched alkanes of at least 4 members (excludes halogenated alkanes) is 22. The van der Waals surface area contributed by atoms with Crippen LogP contribution in [0, 0.1) is 0 Å². The third kappa shape index (κ3) is 22.6. The van der Waals surface area contributed by atoms with Crippen LogP contribution in [0.15, 0.2) is 0 Å². The van der Waals surface area contributed by atoms with Gasteiger partial charge in [-0.3, -0.25) is 0 Å². The highest BCUT2D eigenvalue weighted by Crippen LogP contribution is 2.15. The van der Waals surface area contributed by atoms with E-state index >= 15 is 0 Å². The van der Waals surface area contributed by atoms with Crippen molar-refractivity contribution >= 4 is 0 Å². The topological polar surface area (TPSA) is 21.8 Å². The third-order valence-electron chi connectivity index (χ3n) is 6.60. The molecule has 0 N–H and O–H groups in total. The first-order valence-electron chi connectivity index (χ1n) is 14.1. The van der Waals surface area contributed by atoms with E-state index in [1.807, 2.05) is 0 Å². The van der Waals surface area contributed by atoms with Gasteiger partial charge in [-0.1, -0.05) is 148 Å². The van der Waals surface area contributed by atoms with Gasteiger partial charge >= 0.3 is 0 Å². The highest BCUT2D eigenvalue weighted by molar-refractivity contribution is 4.67. The van der Waals surface area contributed by atoms with E-state index in [1.54, 1.807) is 0 Å². The molecule has 30 heavy (non-hydrogen) atoms. The second-order valence-electron chi connectivity index (χ2n) is 9.81. The molecule has 1 saturated heterocycles. The smallest absolute Gasteiger partial charge is 0.104 e. The molecule has 0 aromatic heterocycles. The average Bonchev–Trinajstić information content (AvgIpc) is 3.58. The van der Waals surface area contributed by atoms with Crippen molar-refractivity contribution in [3.05, 3.63) is 0 Å². The number of epoxide rings is 1. The first kappa shape index (κ1) is 28.0. The molecule has 0 spiro atoms. The normalized spacial score (nSPS) is 15.7. The molecule has 1 atom stereocenters. The van der Waals surface area contributed by atoms with E-state index in [9.17, 15) is 0 Å². The summed E-state index contributed by atoms with van der Waals surface area (Å²) in [7, 11) is 0. The molecule has 0 aliphatic carbocycles. The van der Waals surface area contributed by atoms with Crippen LogP contribution < -0.4 is 0 Å². The molecule has 2 heteroatoms. The lowest BCUT2D eigenvalue weighted by molar-refractivity contribution is 0.113.